The Morgan fingerprint density at radius 2 is 1.89 bits per heavy atom. The van der Waals surface area contributed by atoms with Crippen LogP contribution in [0.4, 0.5) is 8.78 Å². The minimum atomic E-state index is -2.41. The summed E-state index contributed by atoms with van der Waals surface area (Å²) in [4.78, 5) is 5.83. The van der Waals surface area contributed by atoms with Crippen molar-refractivity contribution in [1.82, 2.24) is 15.2 Å². The van der Waals surface area contributed by atoms with E-state index in [1.54, 1.807) is 18.3 Å². The van der Waals surface area contributed by atoms with Gasteiger partial charge >= 0.3 is 0 Å². The molecule has 1 aromatic heterocycles. The van der Waals surface area contributed by atoms with E-state index in [0.717, 1.165) is 13.1 Å². The molecule has 0 saturated carbocycles. The maximum Gasteiger partial charge on any atom is 0.258 e. The lowest BCUT2D eigenvalue weighted by atomic mass is 10.1. The molecule has 1 aliphatic rings. The summed E-state index contributed by atoms with van der Waals surface area (Å²) < 4.78 is 27.0. The molecule has 1 aliphatic heterocycles. The predicted molar refractivity (Wildman–Crippen MR) is 79.6 cm³/mol. The fourth-order valence-electron chi connectivity index (χ4n) is 2.07. The first kappa shape index (κ1) is 19.0. The lowest BCUT2D eigenvalue weighted by Gasteiger charge is -2.34. The van der Waals surface area contributed by atoms with Crippen molar-refractivity contribution in [1.29, 1.82) is 0 Å². The van der Waals surface area contributed by atoms with Crippen molar-refractivity contribution in [2.75, 3.05) is 26.2 Å². The molecule has 1 atom stereocenters. The van der Waals surface area contributed by atoms with Crippen LogP contribution < -0.4 is 5.32 Å². The summed E-state index contributed by atoms with van der Waals surface area (Å²) in [7, 11) is 0. The molecule has 0 unspecified atom stereocenters. The molecule has 1 aromatic rings. The average molecular weight is 379 g/mol. The first-order valence-electron chi connectivity index (χ1n) is 5.53. The first-order chi connectivity index (χ1) is 8.20. The summed E-state index contributed by atoms with van der Waals surface area (Å²) >= 11 is 3.25. The molecule has 0 radical (unpaired) electrons. The van der Waals surface area contributed by atoms with E-state index in [2.05, 4.69) is 26.2 Å². The lowest BCUT2D eigenvalue weighted by molar-refractivity contribution is 0.0176. The molecule has 3 nitrogen and oxygen atoms in total. The van der Waals surface area contributed by atoms with Gasteiger partial charge in [0.05, 0.1) is 6.04 Å². The molecule has 1 N–H and O–H groups in total. The fraction of sp³-hybridized carbons (Fsp3) is 0.545. The van der Waals surface area contributed by atoms with Gasteiger partial charge in [0, 0.05) is 37.9 Å². The second-order valence-electron chi connectivity index (χ2n) is 3.95. The number of hydrogen-bond acceptors (Lipinski definition) is 3. The number of piperazine rings is 1. The highest BCUT2D eigenvalue weighted by Gasteiger charge is 2.31. The largest absolute Gasteiger partial charge is 0.314 e. The maximum atomic E-state index is 13.2. The third-order valence-electron chi connectivity index (χ3n) is 2.89. The SMILES string of the molecule is Cl.Cl.FC(F)[C@@H](c1cccnc1Br)N1CCNCC1. The molecule has 19 heavy (non-hydrogen) atoms. The average Bonchev–Trinajstić information content (AvgIpc) is 2.33. The third kappa shape index (κ3) is 4.79. The Morgan fingerprint density at radius 3 is 2.42 bits per heavy atom. The van der Waals surface area contributed by atoms with Gasteiger partial charge in [0.1, 0.15) is 4.60 Å². The van der Waals surface area contributed by atoms with Gasteiger partial charge in [-0.15, -0.1) is 24.8 Å². The van der Waals surface area contributed by atoms with E-state index >= 15 is 0 Å². The molecule has 2 rings (SSSR count). The monoisotopic (exact) mass is 377 g/mol. The van der Waals surface area contributed by atoms with Gasteiger partial charge in [0.2, 0.25) is 0 Å². The van der Waals surface area contributed by atoms with Crippen molar-refractivity contribution in [3.05, 3.63) is 28.5 Å². The van der Waals surface area contributed by atoms with Crippen LogP contribution >= 0.6 is 40.7 Å². The van der Waals surface area contributed by atoms with Crippen LogP contribution in [0, 0.1) is 0 Å². The van der Waals surface area contributed by atoms with Crippen molar-refractivity contribution in [3.8, 4) is 0 Å². The summed E-state index contributed by atoms with van der Waals surface area (Å²) in [5.41, 5.74) is 0.560. The van der Waals surface area contributed by atoms with E-state index in [1.165, 1.54) is 0 Å². The number of aromatic nitrogens is 1. The van der Waals surface area contributed by atoms with Crippen LogP contribution in [0.2, 0.25) is 0 Å². The molecule has 0 bridgehead atoms. The molecular formula is C11H16BrCl2F2N3. The smallest absolute Gasteiger partial charge is 0.258 e. The van der Waals surface area contributed by atoms with E-state index < -0.39 is 12.5 Å². The van der Waals surface area contributed by atoms with Crippen LogP contribution in [0.5, 0.6) is 0 Å². The van der Waals surface area contributed by atoms with Gasteiger partial charge in [-0.2, -0.15) is 0 Å². The zero-order chi connectivity index (χ0) is 12.3. The Morgan fingerprint density at radius 1 is 1.26 bits per heavy atom. The van der Waals surface area contributed by atoms with Gasteiger partial charge in [0.15, 0.2) is 0 Å². The molecule has 110 valence electrons. The highest BCUT2D eigenvalue weighted by molar-refractivity contribution is 9.10. The zero-order valence-electron chi connectivity index (χ0n) is 10.1. The Kier molecular flexibility index (Phi) is 9.02. The van der Waals surface area contributed by atoms with Crippen LogP contribution in [0.1, 0.15) is 11.6 Å². The molecule has 1 saturated heterocycles. The van der Waals surface area contributed by atoms with E-state index in [9.17, 15) is 8.78 Å². The molecule has 2 heterocycles. The van der Waals surface area contributed by atoms with Crippen LogP contribution in [0.3, 0.4) is 0 Å². The minimum absolute atomic E-state index is 0. The van der Waals surface area contributed by atoms with Gasteiger partial charge in [-0.3, -0.25) is 4.90 Å². The number of pyridine rings is 1. The van der Waals surface area contributed by atoms with Crippen LogP contribution in [0.15, 0.2) is 22.9 Å². The summed E-state index contributed by atoms with van der Waals surface area (Å²) in [5.74, 6) is 0. The molecule has 8 heteroatoms. The minimum Gasteiger partial charge on any atom is -0.314 e. The zero-order valence-corrected chi connectivity index (χ0v) is 13.3. The number of hydrogen-bond donors (Lipinski definition) is 1. The van der Waals surface area contributed by atoms with Crippen molar-refractivity contribution < 1.29 is 8.78 Å². The Bertz CT molecular complexity index is 379. The lowest BCUT2D eigenvalue weighted by Crippen LogP contribution is -2.47. The summed E-state index contributed by atoms with van der Waals surface area (Å²) in [6, 6.07) is 2.52. The summed E-state index contributed by atoms with van der Waals surface area (Å²) in [6.45, 7) is 2.77. The Balaban J connectivity index is 0.00000162. The van der Waals surface area contributed by atoms with Gasteiger partial charge in [-0.05, 0) is 22.0 Å². The van der Waals surface area contributed by atoms with Crippen molar-refractivity contribution >= 4 is 40.7 Å². The van der Waals surface area contributed by atoms with E-state index in [1.807, 2.05) is 4.90 Å². The quantitative estimate of drug-likeness (QED) is 0.819. The fourth-order valence-corrected chi connectivity index (χ4v) is 2.56. The number of nitrogens with one attached hydrogen (secondary N) is 1. The van der Waals surface area contributed by atoms with Crippen molar-refractivity contribution in [2.24, 2.45) is 0 Å². The Hall–Kier alpha value is -0.0100. The van der Waals surface area contributed by atoms with Crippen LogP contribution in [-0.2, 0) is 0 Å². The van der Waals surface area contributed by atoms with Crippen LogP contribution in [-0.4, -0.2) is 42.5 Å². The normalized spacial score (nSPS) is 17.5. The third-order valence-corrected chi connectivity index (χ3v) is 3.55. The van der Waals surface area contributed by atoms with Crippen LogP contribution in [0.25, 0.3) is 0 Å². The van der Waals surface area contributed by atoms with Gasteiger partial charge < -0.3 is 5.32 Å². The van der Waals surface area contributed by atoms with E-state index in [-0.39, 0.29) is 24.8 Å². The van der Waals surface area contributed by atoms with Gasteiger partial charge in [-0.1, -0.05) is 6.07 Å². The Labute approximate surface area is 132 Å². The van der Waals surface area contributed by atoms with Gasteiger partial charge in [-0.25, -0.2) is 13.8 Å². The molecular weight excluding hydrogens is 363 g/mol. The number of nitrogens with zero attached hydrogens (tertiary/aromatic N) is 2. The van der Waals surface area contributed by atoms with E-state index in [4.69, 9.17) is 0 Å². The molecule has 1 fully saturated rings. The first-order valence-corrected chi connectivity index (χ1v) is 6.33. The number of alkyl halides is 2. The predicted octanol–water partition coefficient (Wildman–Crippen LogP) is 2.90. The van der Waals surface area contributed by atoms with Gasteiger partial charge in [0.25, 0.3) is 6.43 Å². The highest BCUT2D eigenvalue weighted by atomic mass is 79.9. The second-order valence-corrected chi connectivity index (χ2v) is 4.70. The van der Waals surface area contributed by atoms with Crippen molar-refractivity contribution in [3.63, 3.8) is 0 Å². The topological polar surface area (TPSA) is 28.2 Å². The second kappa shape index (κ2) is 9.02. The number of halogens is 5. The standard InChI is InChI=1S/C11H14BrF2N3.2ClH/c12-10-8(2-1-3-16-10)9(11(13)14)17-6-4-15-5-7-17;;/h1-3,9,11,15H,4-7H2;2*1H/t9-;;/m1../s1. The molecule has 0 aliphatic carbocycles. The maximum absolute atomic E-state index is 13.2. The summed E-state index contributed by atoms with van der Waals surface area (Å²) in [5, 5.41) is 3.16. The van der Waals surface area contributed by atoms with E-state index in [0.29, 0.717) is 23.3 Å². The molecule has 0 spiro atoms. The molecule has 0 aromatic carbocycles. The number of rotatable bonds is 3. The summed E-state index contributed by atoms with van der Waals surface area (Å²) in [6.07, 6.45) is -0.818. The van der Waals surface area contributed by atoms with Crippen molar-refractivity contribution in [2.45, 2.75) is 12.5 Å². The highest BCUT2D eigenvalue weighted by Crippen LogP contribution is 2.31. The molecule has 0 amide bonds.